The third-order valence-electron chi connectivity index (χ3n) is 2.64. The van der Waals surface area contributed by atoms with Crippen LogP contribution >= 0.6 is 0 Å². The smallest absolute Gasteiger partial charge is 0.339 e. The van der Waals surface area contributed by atoms with Crippen molar-refractivity contribution in [2.45, 2.75) is 18.9 Å². The fourth-order valence-electron chi connectivity index (χ4n) is 1.85. The molecular formula is C11H14N2O2. The van der Waals surface area contributed by atoms with E-state index in [0.717, 1.165) is 18.5 Å². The number of carbonyl (C=O) groups is 1. The van der Waals surface area contributed by atoms with Crippen LogP contribution in [0.5, 0.6) is 0 Å². The third-order valence-corrected chi connectivity index (χ3v) is 2.64. The van der Waals surface area contributed by atoms with Crippen LogP contribution in [-0.4, -0.2) is 24.6 Å². The van der Waals surface area contributed by atoms with Gasteiger partial charge in [0.05, 0.1) is 12.7 Å². The summed E-state index contributed by atoms with van der Waals surface area (Å²) in [6, 6.07) is 2.18. The van der Waals surface area contributed by atoms with Gasteiger partial charge in [0.1, 0.15) is 0 Å². The number of pyridine rings is 1. The fourth-order valence-corrected chi connectivity index (χ4v) is 1.85. The van der Waals surface area contributed by atoms with Crippen molar-refractivity contribution in [3.8, 4) is 0 Å². The van der Waals surface area contributed by atoms with Crippen molar-refractivity contribution < 1.29 is 9.53 Å². The van der Waals surface area contributed by atoms with Crippen LogP contribution in [-0.2, 0) is 4.74 Å². The SMILES string of the molecule is COC(=O)c1cncc(C2CCCN2)c1. The molecule has 1 unspecified atom stereocenters. The molecule has 1 N–H and O–H groups in total. The van der Waals surface area contributed by atoms with Crippen LogP contribution in [0.4, 0.5) is 0 Å². The summed E-state index contributed by atoms with van der Waals surface area (Å²) >= 11 is 0. The Labute approximate surface area is 88.7 Å². The summed E-state index contributed by atoms with van der Waals surface area (Å²) in [6.45, 7) is 1.03. The van der Waals surface area contributed by atoms with Crippen molar-refractivity contribution in [2.24, 2.45) is 0 Å². The van der Waals surface area contributed by atoms with Crippen molar-refractivity contribution in [2.75, 3.05) is 13.7 Å². The molecular weight excluding hydrogens is 192 g/mol. The van der Waals surface area contributed by atoms with Crippen molar-refractivity contribution in [1.82, 2.24) is 10.3 Å². The zero-order valence-electron chi connectivity index (χ0n) is 8.69. The van der Waals surface area contributed by atoms with Gasteiger partial charge < -0.3 is 10.1 Å². The predicted molar refractivity (Wildman–Crippen MR) is 55.6 cm³/mol. The van der Waals surface area contributed by atoms with E-state index in [1.54, 1.807) is 6.20 Å². The molecule has 1 aromatic rings. The largest absolute Gasteiger partial charge is 0.465 e. The minimum Gasteiger partial charge on any atom is -0.465 e. The van der Waals surface area contributed by atoms with E-state index < -0.39 is 0 Å². The molecule has 0 aliphatic carbocycles. The quantitative estimate of drug-likeness (QED) is 0.741. The lowest BCUT2D eigenvalue weighted by Gasteiger charge is -2.10. The van der Waals surface area contributed by atoms with E-state index in [4.69, 9.17) is 0 Å². The van der Waals surface area contributed by atoms with Gasteiger partial charge in [0.25, 0.3) is 0 Å². The van der Waals surface area contributed by atoms with E-state index >= 15 is 0 Å². The molecule has 80 valence electrons. The topological polar surface area (TPSA) is 51.2 Å². The number of aromatic nitrogens is 1. The molecule has 1 aliphatic rings. The van der Waals surface area contributed by atoms with Gasteiger partial charge in [-0.2, -0.15) is 0 Å². The molecule has 2 heterocycles. The Balaban J connectivity index is 2.21. The average Bonchev–Trinajstić information content (AvgIpc) is 2.82. The molecule has 15 heavy (non-hydrogen) atoms. The first-order valence-electron chi connectivity index (χ1n) is 5.08. The van der Waals surface area contributed by atoms with Crippen molar-refractivity contribution in [3.05, 3.63) is 29.6 Å². The molecule has 0 amide bonds. The molecule has 4 heteroatoms. The monoisotopic (exact) mass is 206 g/mol. The van der Waals surface area contributed by atoms with Crippen molar-refractivity contribution in [3.63, 3.8) is 0 Å². The molecule has 0 radical (unpaired) electrons. The second kappa shape index (κ2) is 4.40. The number of nitrogens with one attached hydrogen (secondary N) is 1. The molecule has 0 aromatic carbocycles. The lowest BCUT2D eigenvalue weighted by molar-refractivity contribution is 0.0600. The molecule has 0 spiro atoms. The van der Waals surface area contributed by atoms with E-state index in [1.165, 1.54) is 19.7 Å². The molecule has 2 rings (SSSR count). The molecule has 0 saturated carbocycles. The average molecular weight is 206 g/mol. The van der Waals surface area contributed by atoms with Gasteiger partial charge >= 0.3 is 5.97 Å². The van der Waals surface area contributed by atoms with Gasteiger partial charge in [-0.1, -0.05) is 0 Å². The maximum atomic E-state index is 11.3. The Kier molecular flexibility index (Phi) is 2.97. The van der Waals surface area contributed by atoms with E-state index in [1.807, 2.05) is 6.07 Å². The standard InChI is InChI=1S/C11H14N2O2/c1-15-11(14)9-5-8(6-12-7-9)10-3-2-4-13-10/h5-7,10,13H,2-4H2,1H3. The Hall–Kier alpha value is -1.42. The fraction of sp³-hybridized carbons (Fsp3) is 0.455. The van der Waals surface area contributed by atoms with Crippen molar-refractivity contribution in [1.29, 1.82) is 0 Å². The number of rotatable bonds is 2. The Morgan fingerprint density at radius 2 is 2.47 bits per heavy atom. The molecule has 1 fully saturated rings. The maximum Gasteiger partial charge on any atom is 0.339 e. The first kappa shape index (κ1) is 10.1. The molecule has 0 bridgehead atoms. The highest BCUT2D eigenvalue weighted by Gasteiger charge is 2.17. The highest BCUT2D eigenvalue weighted by molar-refractivity contribution is 5.89. The number of ether oxygens (including phenoxy) is 1. The van der Waals surface area contributed by atoms with Crippen LogP contribution in [0.3, 0.4) is 0 Å². The van der Waals surface area contributed by atoms with Gasteiger partial charge in [0.2, 0.25) is 0 Å². The van der Waals surface area contributed by atoms with Crippen LogP contribution in [0, 0.1) is 0 Å². The van der Waals surface area contributed by atoms with Crippen LogP contribution in [0.15, 0.2) is 18.5 Å². The first-order valence-corrected chi connectivity index (χ1v) is 5.08. The molecule has 1 aliphatic heterocycles. The van der Waals surface area contributed by atoms with E-state index in [0.29, 0.717) is 11.6 Å². The number of nitrogens with zero attached hydrogens (tertiary/aromatic N) is 1. The Morgan fingerprint density at radius 1 is 1.60 bits per heavy atom. The summed E-state index contributed by atoms with van der Waals surface area (Å²) in [5, 5.41) is 3.36. The summed E-state index contributed by atoms with van der Waals surface area (Å²) in [6.07, 6.45) is 5.61. The van der Waals surface area contributed by atoms with Gasteiger partial charge in [-0.05, 0) is 31.0 Å². The third kappa shape index (κ3) is 2.15. The Morgan fingerprint density at radius 3 is 3.13 bits per heavy atom. The van der Waals surface area contributed by atoms with Crippen LogP contribution in [0.2, 0.25) is 0 Å². The van der Waals surface area contributed by atoms with Gasteiger partial charge in [0.15, 0.2) is 0 Å². The Bertz CT molecular complexity index is 359. The van der Waals surface area contributed by atoms with Crippen molar-refractivity contribution >= 4 is 5.97 Å². The van der Waals surface area contributed by atoms with Crippen LogP contribution < -0.4 is 5.32 Å². The summed E-state index contributed by atoms with van der Waals surface area (Å²) < 4.78 is 4.65. The molecule has 4 nitrogen and oxygen atoms in total. The maximum absolute atomic E-state index is 11.3. The molecule has 1 saturated heterocycles. The number of esters is 1. The summed E-state index contributed by atoms with van der Waals surface area (Å²) in [4.78, 5) is 15.4. The molecule has 1 atom stereocenters. The zero-order valence-corrected chi connectivity index (χ0v) is 8.69. The van der Waals surface area contributed by atoms with Crippen LogP contribution in [0.1, 0.15) is 34.8 Å². The van der Waals surface area contributed by atoms with Gasteiger partial charge in [-0.3, -0.25) is 4.98 Å². The number of hydrogen-bond acceptors (Lipinski definition) is 4. The van der Waals surface area contributed by atoms with E-state index in [9.17, 15) is 4.79 Å². The van der Waals surface area contributed by atoms with E-state index in [-0.39, 0.29) is 5.97 Å². The normalized spacial score (nSPS) is 20.2. The lowest BCUT2D eigenvalue weighted by atomic mass is 10.1. The molecule has 1 aromatic heterocycles. The number of hydrogen-bond donors (Lipinski definition) is 1. The number of methoxy groups -OCH3 is 1. The summed E-state index contributed by atoms with van der Waals surface area (Å²) in [5.74, 6) is -0.331. The highest BCUT2D eigenvalue weighted by atomic mass is 16.5. The zero-order chi connectivity index (χ0) is 10.7. The first-order chi connectivity index (χ1) is 7.31. The summed E-state index contributed by atoms with van der Waals surface area (Å²) in [7, 11) is 1.38. The second-order valence-corrected chi connectivity index (χ2v) is 3.65. The van der Waals surface area contributed by atoms with Gasteiger partial charge in [-0.25, -0.2) is 4.79 Å². The minimum absolute atomic E-state index is 0.331. The predicted octanol–water partition coefficient (Wildman–Crippen LogP) is 1.29. The van der Waals surface area contributed by atoms with E-state index in [2.05, 4.69) is 15.0 Å². The number of carbonyl (C=O) groups excluding carboxylic acids is 1. The lowest BCUT2D eigenvalue weighted by Crippen LogP contribution is -2.14. The van der Waals surface area contributed by atoms with Crippen LogP contribution in [0.25, 0.3) is 0 Å². The van der Waals surface area contributed by atoms with Gasteiger partial charge in [0, 0.05) is 18.4 Å². The highest BCUT2D eigenvalue weighted by Crippen LogP contribution is 2.22. The minimum atomic E-state index is -0.331. The summed E-state index contributed by atoms with van der Waals surface area (Å²) in [5.41, 5.74) is 1.58. The second-order valence-electron chi connectivity index (χ2n) is 3.65. The van der Waals surface area contributed by atoms with Gasteiger partial charge in [-0.15, -0.1) is 0 Å².